The lowest BCUT2D eigenvalue weighted by molar-refractivity contribution is 0.0648. The molecule has 1 aromatic carbocycles. The molecule has 0 saturated carbocycles. The zero-order chi connectivity index (χ0) is 22.1. The van der Waals surface area contributed by atoms with Crippen LogP contribution < -0.4 is 11.1 Å². The van der Waals surface area contributed by atoms with E-state index in [1.54, 1.807) is 36.4 Å². The standard InChI is InChI=1S/C25H28N4O3/c26-19-6-4-18(5-7-19)23(30)27-25(12-2-1-3-13-25)22-9-8-21(32-22)24(31)29-17-16-28-14-10-20(29)11-15-28/h1-9,12,20H,10-11,13-17,26H2,(H,27,30). The van der Waals surface area contributed by atoms with E-state index in [0.29, 0.717) is 29.2 Å². The molecule has 32 heavy (non-hydrogen) atoms. The summed E-state index contributed by atoms with van der Waals surface area (Å²) < 4.78 is 6.12. The highest BCUT2D eigenvalue weighted by atomic mass is 16.4. The maximum absolute atomic E-state index is 13.3. The van der Waals surface area contributed by atoms with Gasteiger partial charge in [0, 0.05) is 43.5 Å². The van der Waals surface area contributed by atoms with Gasteiger partial charge in [-0.3, -0.25) is 9.59 Å². The number of piperidine rings is 1. The fourth-order valence-electron chi connectivity index (χ4n) is 4.85. The maximum atomic E-state index is 13.3. The molecule has 3 N–H and O–H groups in total. The summed E-state index contributed by atoms with van der Waals surface area (Å²) >= 11 is 0. The summed E-state index contributed by atoms with van der Waals surface area (Å²) in [6.45, 7) is 3.73. The van der Waals surface area contributed by atoms with Gasteiger partial charge in [0.05, 0.1) is 0 Å². The third-order valence-corrected chi connectivity index (χ3v) is 6.75. The molecule has 3 fully saturated rings. The highest BCUT2D eigenvalue weighted by molar-refractivity contribution is 5.95. The molecule has 7 nitrogen and oxygen atoms in total. The lowest BCUT2D eigenvalue weighted by atomic mass is 9.88. The molecule has 4 aliphatic rings. The number of fused-ring (bicyclic) bond motifs is 4. The largest absolute Gasteiger partial charge is 0.453 e. The molecule has 1 unspecified atom stereocenters. The second-order valence-corrected chi connectivity index (χ2v) is 8.77. The van der Waals surface area contributed by atoms with Gasteiger partial charge in [0.15, 0.2) is 5.76 Å². The molecule has 1 aromatic heterocycles. The second kappa shape index (κ2) is 8.31. The van der Waals surface area contributed by atoms with Crippen LogP contribution in [0.4, 0.5) is 5.69 Å². The van der Waals surface area contributed by atoms with Crippen molar-refractivity contribution in [3.05, 3.63) is 77.8 Å². The number of carbonyl (C=O) groups excluding carboxylic acids is 2. The molecule has 0 spiro atoms. The number of allylic oxidation sites excluding steroid dienone is 2. The highest BCUT2D eigenvalue weighted by Crippen LogP contribution is 2.33. The van der Waals surface area contributed by atoms with Crippen molar-refractivity contribution < 1.29 is 14.0 Å². The van der Waals surface area contributed by atoms with E-state index >= 15 is 0 Å². The van der Waals surface area contributed by atoms with E-state index < -0.39 is 5.54 Å². The minimum Gasteiger partial charge on any atom is -0.453 e. The second-order valence-electron chi connectivity index (χ2n) is 8.77. The summed E-state index contributed by atoms with van der Waals surface area (Å²) in [6.07, 6.45) is 10.3. The Balaban J connectivity index is 1.39. The fourth-order valence-corrected chi connectivity index (χ4v) is 4.85. The van der Waals surface area contributed by atoms with Crippen LogP contribution in [0.25, 0.3) is 0 Å². The van der Waals surface area contributed by atoms with Crippen LogP contribution in [-0.2, 0) is 5.54 Å². The van der Waals surface area contributed by atoms with Crippen LogP contribution in [0.1, 0.15) is 45.9 Å². The van der Waals surface area contributed by atoms with Crippen molar-refractivity contribution in [3.8, 4) is 0 Å². The van der Waals surface area contributed by atoms with Crippen LogP contribution in [0.5, 0.6) is 0 Å². The van der Waals surface area contributed by atoms with Gasteiger partial charge in [0.1, 0.15) is 11.3 Å². The van der Waals surface area contributed by atoms with Crippen LogP contribution in [0.3, 0.4) is 0 Å². The molecule has 2 bridgehead atoms. The molecular formula is C25H28N4O3. The molecule has 3 saturated heterocycles. The first kappa shape index (κ1) is 20.6. The van der Waals surface area contributed by atoms with Gasteiger partial charge in [-0.25, -0.2) is 0 Å². The molecule has 7 heteroatoms. The summed E-state index contributed by atoms with van der Waals surface area (Å²) in [7, 11) is 0. The fraction of sp³-hybridized carbons (Fsp3) is 0.360. The number of anilines is 1. The normalized spacial score (nSPS) is 26.7. The van der Waals surface area contributed by atoms with Crippen LogP contribution in [0.2, 0.25) is 0 Å². The van der Waals surface area contributed by atoms with E-state index in [9.17, 15) is 9.59 Å². The molecule has 2 amide bonds. The number of hydrogen-bond acceptors (Lipinski definition) is 5. The topological polar surface area (TPSA) is 91.8 Å². The molecule has 4 heterocycles. The summed E-state index contributed by atoms with van der Waals surface area (Å²) in [4.78, 5) is 30.7. The number of nitrogen functional groups attached to an aromatic ring is 1. The van der Waals surface area contributed by atoms with Gasteiger partial charge < -0.3 is 25.3 Å². The predicted octanol–water partition coefficient (Wildman–Crippen LogP) is 2.92. The zero-order valence-electron chi connectivity index (χ0n) is 18.0. The quantitative estimate of drug-likeness (QED) is 0.725. The third kappa shape index (κ3) is 3.84. The van der Waals surface area contributed by atoms with Crippen molar-refractivity contribution in [2.45, 2.75) is 30.8 Å². The Kier molecular flexibility index (Phi) is 5.35. The molecule has 166 valence electrons. The van der Waals surface area contributed by atoms with Crippen LogP contribution in [-0.4, -0.2) is 53.8 Å². The van der Waals surface area contributed by atoms with Gasteiger partial charge in [0.25, 0.3) is 11.8 Å². The SMILES string of the molecule is Nc1ccc(C(=O)NC2(c3ccc(C(=O)N4CCN5CCC4CC5)o3)C=CC=CC2)cc1. The molecule has 0 radical (unpaired) electrons. The first-order valence-electron chi connectivity index (χ1n) is 11.2. The van der Waals surface area contributed by atoms with Crippen LogP contribution in [0, 0.1) is 0 Å². The number of nitrogens with two attached hydrogens (primary N) is 1. The Hall–Kier alpha value is -3.32. The smallest absolute Gasteiger partial charge is 0.289 e. The van der Waals surface area contributed by atoms with E-state index in [2.05, 4.69) is 10.2 Å². The first-order valence-corrected chi connectivity index (χ1v) is 11.2. The Morgan fingerprint density at radius 3 is 2.50 bits per heavy atom. The van der Waals surface area contributed by atoms with Gasteiger partial charge in [0.2, 0.25) is 0 Å². The van der Waals surface area contributed by atoms with E-state index in [-0.39, 0.29) is 17.9 Å². The summed E-state index contributed by atoms with van der Waals surface area (Å²) in [5.74, 6) is 0.575. The van der Waals surface area contributed by atoms with Crippen molar-refractivity contribution in [2.75, 3.05) is 31.9 Å². The molecule has 2 aromatic rings. The third-order valence-electron chi connectivity index (χ3n) is 6.75. The predicted molar refractivity (Wildman–Crippen MR) is 122 cm³/mol. The summed E-state index contributed by atoms with van der Waals surface area (Å²) in [5.41, 5.74) is 6.01. The van der Waals surface area contributed by atoms with Gasteiger partial charge in [-0.15, -0.1) is 0 Å². The Bertz CT molecular complexity index is 1060. The Morgan fingerprint density at radius 2 is 1.78 bits per heavy atom. The van der Waals surface area contributed by atoms with Crippen molar-refractivity contribution in [1.29, 1.82) is 0 Å². The van der Waals surface area contributed by atoms with Crippen molar-refractivity contribution >= 4 is 17.5 Å². The molecule has 1 aliphatic carbocycles. The number of benzene rings is 1. The van der Waals surface area contributed by atoms with Gasteiger partial charge in [-0.1, -0.05) is 24.3 Å². The van der Waals surface area contributed by atoms with E-state index in [4.69, 9.17) is 10.2 Å². The Labute approximate surface area is 187 Å². The molecular weight excluding hydrogens is 404 g/mol. The van der Waals surface area contributed by atoms with Crippen molar-refractivity contribution in [2.24, 2.45) is 0 Å². The van der Waals surface area contributed by atoms with Gasteiger partial charge >= 0.3 is 0 Å². The van der Waals surface area contributed by atoms with E-state index in [0.717, 1.165) is 39.0 Å². The van der Waals surface area contributed by atoms with E-state index in [1.165, 1.54) is 0 Å². The van der Waals surface area contributed by atoms with E-state index in [1.807, 2.05) is 29.2 Å². The van der Waals surface area contributed by atoms with Crippen LogP contribution in [0.15, 0.2) is 65.1 Å². The first-order chi connectivity index (χ1) is 15.5. The average molecular weight is 433 g/mol. The van der Waals surface area contributed by atoms with Gasteiger partial charge in [-0.2, -0.15) is 0 Å². The number of rotatable bonds is 4. The lowest BCUT2D eigenvalue weighted by Crippen LogP contribution is -2.44. The van der Waals surface area contributed by atoms with Crippen molar-refractivity contribution in [1.82, 2.24) is 15.1 Å². The molecule has 3 aliphatic heterocycles. The number of hydrogen-bond donors (Lipinski definition) is 2. The average Bonchev–Trinajstić information content (AvgIpc) is 3.14. The monoisotopic (exact) mass is 432 g/mol. The van der Waals surface area contributed by atoms with Crippen LogP contribution >= 0.6 is 0 Å². The maximum Gasteiger partial charge on any atom is 0.289 e. The summed E-state index contributed by atoms with van der Waals surface area (Å²) in [5, 5.41) is 3.11. The number of furan rings is 1. The lowest BCUT2D eigenvalue weighted by Gasteiger charge is -2.31. The molecule has 6 rings (SSSR count). The number of nitrogens with zero attached hydrogens (tertiary/aromatic N) is 2. The number of carbonyl (C=O) groups is 2. The Morgan fingerprint density at radius 1 is 1.00 bits per heavy atom. The van der Waals surface area contributed by atoms with Crippen molar-refractivity contribution in [3.63, 3.8) is 0 Å². The minimum absolute atomic E-state index is 0.0691. The molecule has 1 atom stereocenters. The summed E-state index contributed by atoms with van der Waals surface area (Å²) in [6, 6.07) is 10.6. The number of nitrogens with one attached hydrogen (secondary N) is 1. The highest BCUT2D eigenvalue weighted by Gasteiger charge is 2.37. The zero-order valence-corrected chi connectivity index (χ0v) is 18.0. The number of amides is 2. The minimum atomic E-state index is -0.852. The van der Waals surface area contributed by atoms with Gasteiger partial charge in [-0.05, 0) is 55.7 Å².